The van der Waals surface area contributed by atoms with Crippen LogP contribution >= 0.6 is 0 Å². The van der Waals surface area contributed by atoms with Gasteiger partial charge in [0, 0.05) is 25.2 Å². The van der Waals surface area contributed by atoms with Gasteiger partial charge in [-0.1, -0.05) is 0 Å². The fourth-order valence-electron chi connectivity index (χ4n) is 2.75. The van der Waals surface area contributed by atoms with Crippen molar-refractivity contribution in [3.05, 3.63) is 53.9 Å². The number of nitrogens with one attached hydrogen (secondary N) is 1. The second kappa shape index (κ2) is 7.21. The van der Waals surface area contributed by atoms with Crippen LogP contribution in [0.1, 0.15) is 34.7 Å². The Kier molecular flexibility index (Phi) is 4.84. The van der Waals surface area contributed by atoms with Crippen molar-refractivity contribution in [2.24, 2.45) is 0 Å². The maximum absolute atomic E-state index is 12.2. The zero-order chi connectivity index (χ0) is 16.9. The standard InChI is InChI=1S/C18H20N2O4/c1-13-2-3-16(24-13)4-5-17(21)19-15-6-9-20(10-7-15)18(22)14-8-11-23-12-14/h2-5,8,11-12,15H,6-7,9-10H2,1H3,(H,19,21)/b5-4+. The number of aryl methyl sites for hydroxylation is 1. The summed E-state index contributed by atoms with van der Waals surface area (Å²) in [5.41, 5.74) is 0.564. The molecule has 1 aliphatic rings. The average molecular weight is 328 g/mol. The molecular weight excluding hydrogens is 308 g/mol. The average Bonchev–Trinajstić information content (AvgIpc) is 3.25. The Labute approximate surface area is 140 Å². The van der Waals surface area contributed by atoms with Crippen LogP contribution in [0.3, 0.4) is 0 Å². The third-order valence-corrected chi connectivity index (χ3v) is 4.06. The first kappa shape index (κ1) is 16.1. The minimum absolute atomic E-state index is 0.0263. The van der Waals surface area contributed by atoms with E-state index in [9.17, 15) is 9.59 Å². The number of carbonyl (C=O) groups is 2. The van der Waals surface area contributed by atoms with E-state index in [0.717, 1.165) is 18.6 Å². The molecule has 0 bridgehead atoms. The molecule has 6 heteroatoms. The van der Waals surface area contributed by atoms with Crippen molar-refractivity contribution in [3.63, 3.8) is 0 Å². The minimum Gasteiger partial charge on any atom is -0.472 e. The number of carbonyl (C=O) groups excluding carboxylic acids is 2. The number of piperidine rings is 1. The molecule has 0 atom stereocenters. The molecule has 1 N–H and O–H groups in total. The normalized spacial score (nSPS) is 15.8. The predicted octanol–water partition coefficient (Wildman–Crippen LogP) is 2.62. The van der Waals surface area contributed by atoms with Crippen molar-refractivity contribution in [3.8, 4) is 0 Å². The second-order valence-corrected chi connectivity index (χ2v) is 5.87. The quantitative estimate of drug-likeness (QED) is 0.875. The summed E-state index contributed by atoms with van der Waals surface area (Å²) in [6, 6.07) is 5.41. The topological polar surface area (TPSA) is 75.7 Å². The molecular formula is C18H20N2O4. The van der Waals surface area contributed by atoms with Crippen LogP contribution < -0.4 is 5.32 Å². The summed E-state index contributed by atoms with van der Waals surface area (Å²) in [5, 5.41) is 2.97. The molecule has 2 amide bonds. The number of nitrogens with zero attached hydrogens (tertiary/aromatic N) is 1. The van der Waals surface area contributed by atoms with E-state index >= 15 is 0 Å². The lowest BCUT2D eigenvalue weighted by molar-refractivity contribution is -0.117. The Bertz CT molecular complexity index is 722. The van der Waals surface area contributed by atoms with Gasteiger partial charge >= 0.3 is 0 Å². The number of furan rings is 2. The molecule has 24 heavy (non-hydrogen) atoms. The molecule has 0 saturated carbocycles. The molecule has 1 fully saturated rings. The highest BCUT2D eigenvalue weighted by molar-refractivity contribution is 5.94. The second-order valence-electron chi connectivity index (χ2n) is 5.87. The molecule has 1 saturated heterocycles. The highest BCUT2D eigenvalue weighted by Crippen LogP contribution is 2.14. The van der Waals surface area contributed by atoms with E-state index in [1.54, 1.807) is 17.0 Å². The Morgan fingerprint density at radius 1 is 1.25 bits per heavy atom. The van der Waals surface area contributed by atoms with E-state index in [0.29, 0.717) is 24.4 Å². The first-order valence-corrected chi connectivity index (χ1v) is 7.98. The van der Waals surface area contributed by atoms with E-state index in [1.165, 1.54) is 18.6 Å². The molecule has 3 rings (SSSR count). The zero-order valence-electron chi connectivity index (χ0n) is 13.5. The number of amides is 2. The molecule has 3 heterocycles. The van der Waals surface area contributed by atoms with Crippen molar-refractivity contribution >= 4 is 17.9 Å². The largest absolute Gasteiger partial charge is 0.472 e. The number of hydrogen-bond acceptors (Lipinski definition) is 4. The van der Waals surface area contributed by atoms with Crippen molar-refractivity contribution < 1.29 is 18.4 Å². The molecule has 0 aromatic carbocycles. The molecule has 0 unspecified atom stereocenters. The maximum atomic E-state index is 12.2. The summed E-state index contributed by atoms with van der Waals surface area (Å²) in [6.07, 6.45) is 7.55. The van der Waals surface area contributed by atoms with Crippen LogP contribution in [-0.2, 0) is 4.79 Å². The molecule has 0 spiro atoms. The van der Waals surface area contributed by atoms with Crippen LogP contribution in [0.5, 0.6) is 0 Å². The summed E-state index contributed by atoms with van der Waals surface area (Å²) < 4.78 is 10.3. The lowest BCUT2D eigenvalue weighted by Gasteiger charge is -2.32. The molecule has 0 radical (unpaired) electrons. The summed E-state index contributed by atoms with van der Waals surface area (Å²) in [5.74, 6) is 1.29. The van der Waals surface area contributed by atoms with Gasteiger partial charge in [0.05, 0.1) is 11.8 Å². The van der Waals surface area contributed by atoms with E-state index in [-0.39, 0.29) is 17.9 Å². The van der Waals surface area contributed by atoms with Gasteiger partial charge in [0.25, 0.3) is 5.91 Å². The van der Waals surface area contributed by atoms with Gasteiger partial charge in [-0.05, 0) is 44.0 Å². The SMILES string of the molecule is Cc1ccc(/C=C/C(=O)NC2CCN(C(=O)c3ccoc3)CC2)o1. The Balaban J connectivity index is 1.46. The van der Waals surface area contributed by atoms with Gasteiger partial charge in [-0.3, -0.25) is 9.59 Å². The highest BCUT2D eigenvalue weighted by atomic mass is 16.3. The predicted molar refractivity (Wildman–Crippen MR) is 88.3 cm³/mol. The van der Waals surface area contributed by atoms with Crippen LogP contribution in [0.15, 0.2) is 45.6 Å². The number of likely N-dealkylation sites (tertiary alicyclic amines) is 1. The lowest BCUT2D eigenvalue weighted by Crippen LogP contribution is -2.46. The van der Waals surface area contributed by atoms with Crippen LogP contribution in [0.4, 0.5) is 0 Å². The third kappa shape index (κ3) is 3.95. The first-order chi connectivity index (χ1) is 11.6. The molecule has 1 aliphatic heterocycles. The Hall–Kier alpha value is -2.76. The summed E-state index contributed by atoms with van der Waals surface area (Å²) >= 11 is 0. The van der Waals surface area contributed by atoms with Crippen LogP contribution in [0, 0.1) is 6.92 Å². The molecule has 2 aromatic heterocycles. The smallest absolute Gasteiger partial charge is 0.257 e. The third-order valence-electron chi connectivity index (χ3n) is 4.06. The van der Waals surface area contributed by atoms with Gasteiger partial charge in [-0.25, -0.2) is 0 Å². The maximum Gasteiger partial charge on any atom is 0.257 e. The van der Waals surface area contributed by atoms with Crippen LogP contribution in [0.2, 0.25) is 0 Å². The van der Waals surface area contributed by atoms with Crippen molar-refractivity contribution in [2.75, 3.05) is 13.1 Å². The van der Waals surface area contributed by atoms with Gasteiger partial charge in [0.15, 0.2) is 0 Å². The minimum atomic E-state index is -0.149. The van der Waals surface area contributed by atoms with Gasteiger partial charge in [0.2, 0.25) is 5.91 Å². The van der Waals surface area contributed by atoms with E-state index in [1.807, 2.05) is 19.1 Å². The molecule has 126 valence electrons. The van der Waals surface area contributed by atoms with Gasteiger partial charge in [-0.15, -0.1) is 0 Å². The van der Waals surface area contributed by atoms with Gasteiger partial charge < -0.3 is 19.1 Å². The van der Waals surface area contributed by atoms with E-state index in [2.05, 4.69) is 5.32 Å². The Morgan fingerprint density at radius 2 is 2.04 bits per heavy atom. The van der Waals surface area contributed by atoms with Crippen LogP contribution in [0.25, 0.3) is 6.08 Å². The number of rotatable bonds is 4. The van der Waals surface area contributed by atoms with Crippen LogP contribution in [-0.4, -0.2) is 35.8 Å². The van der Waals surface area contributed by atoms with Crippen molar-refractivity contribution in [2.45, 2.75) is 25.8 Å². The monoisotopic (exact) mass is 328 g/mol. The fraction of sp³-hybridized carbons (Fsp3) is 0.333. The molecule has 6 nitrogen and oxygen atoms in total. The van der Waals surface area contributed by atoms with Gasteiger partial charge in [0.1, 0.15) is 17.8 Å². The number of hydrogen-bond donors (Lipinski definition) is 1. The molecule has 2 aromatic rings. The van der Waals surface area contributed by atoms with Gasteiger partial charge in [-0.2, -0.15) is 0 Å². The zero-order valence-corrected chi connectivity index (χ0v) is 13.5. The Morgan fingerprint density at radius 3 is 2.67 bits per heavy atom. The first-order valence-electron chi connectivity index (χ1n) is 7.98. The fourth-order valence-corrected chi connectivity index (χ4v) is 2.75. The summed E-state index contributed by atoms with van der Waals surface area (Å²) in [7, 11) is 0. The lowest BCUT2D eigenvalue weighted by atomic mass is 10.0. The van der Waals surface area contributed by atoms with E-state index < -0.39 is 0 Å². The summed E-state index contributed by atoms with van der Waals surface area (Å²) in [4.78, 5) is 26.0. The van der Waals surface area contributed by atoms with Crippen molar-refractivity contribution in [1.82, 2.24) is 10.2 Å². The van der Waals surface area contributed by atoms with Crippen molar-refractivity contribution in [1.29, 1.82) is 0 Å². The molecule has 0 aliphatic carbocycles. The van der Waals surface area contributed by atoms with E-state index in [4.69, 9.17) is 8.83 Å². The highest BCUT2D eigenvalue weighted by Gasteiger charge is 2.24. The summed E-state index contributed by atoms with van der Waals surface area (Å²) in [6.45, 7) is 3.10.